The average molecular weight is 261 g/mol. The Bertz CT molecular complexity index is 233. The molecule has 0 unspecified atom stereocenters. The van der Waals surface area contributed by atoms with Crippen LogP contribution in [0.5, 0.6) is 0 Å². The minimum Gasteiger partial charge on any atom is -0.481 e. The number of hydroxylamine groups is 1. The topological polar surface area (TPSA) is 95.9 Å². The Kier molecular flexibility index (Phi) is 11.5. The standard InChI is InChI=1S/C12H23NO5/c14-10-9-13-18-12(17)8-6-4-2-1-3-5-7-11(15)16/h13-14H,1-10H2,(H,15,16). The van der Waals surface area contributed by atoms with Crippen LogP contribution in [0.2, 0.25) is 0 Å². The van der Waals surface area contributed by atoms with E-state index < -0.39 is 5.97 Å². The van der Waals surface area contributed by atoms with Crippen LogP contribution in [0.1, 0.15) is 51.4 Å². The van der Waals surface area contributed by atoms with E-state index in [-0.39, 0.29) is 25.5 Å². The molecule has 0 aliphatic rings. The van der Waals surface area contributed by atoms with Gasteiger partial charge in [0.15, 0.2) is 0 Å². The van der Waals surface area contributed by atoms with E-state index in [4.69, 9.17) is 10.2 Å². The predicted molar refractivity (Wildman–Crippen MR) is 65.8 cm³/mol. The van der Waals surface area contributed by atoms with Crippen LogP contribution >= 0.6 is 0 Å². The molecule has 0 heterocycles. The second-order valence-corrected chi connectivity index (χ2v) is 4.11. The van der Waals surface area contributed by atoms with Crippen molar-refractivity contribution in [3.63, 3.8) is 0 Å². The Morgan fingerprint density at radius 2 is 1.50 bits per heavy atom. The minimum atomic E-state index is -0.742. The summed E-state index contributed by atoms with van der Waals surface area (Å²) in [7, 11) is 0. The van der Waals surface area contributed by atoms with Crippen molar-refractivity contribution < 1.29 is 24.6 Å². The van der Waals surface area contributed by atoms with Gasteiger partial charge in [0.05, 0.1) is 13.2 Å². The first-order chi connectivity index (χ1) is 8.66. The molecule has 0 aromatic heterocycles. The van der Waals surface area contributed by atoms with E-state index in [0.717, 1.165) is 38.5 Å². The SMILES string of the molecule is O=C(O)CCCCCCCCC(=O)ONCCO. The first kappa shape index (κ1) is 16.9. The molecule has 0 aromatic carbocycles. The zero-order valence-corrected chi connectivity index (χ0v) is 10.7. The Morgan fingerprint density at radius 3 is 2.06 bits per heavy atom. The van der Waals surface area contributed by atoms with Crippen LogP contribution in [0, 0.1) is 0 Å². The van der Waals surface area contributed by atoms with E-state index in [1.54, 1.807) is 0 Å². The van der Waals surface area contributed by atoms with Gasteiger partial charge in [0.1, 0.15) is 0 Å². The Hall–Kier alpha value is -1.14. The summed E-state index contributed by atoms with van der Waals surface area (Å²) in [5.41, 5.74) is 2.36. The summed E-state index contributed by atoms with van der Waals surface area (Å²) < 4.78 is 0. The number of aliphatic carboxylic acids is 1. The lowest BCUT2D eigenvalue weighted by Gasteiger charge is -2.04. The van der Waals surface area contributed by atoms with Crippen molar-refractivity contribution in [2.75, 3.05) is 13.2 Å². The van der Waals surface area contributed by atoms with E-state index in [9.17, 15) is 9.59 Å². The van der Waals surface area contributed by atoms with Gasteiger partial charge in [-0.3, -0.25) is 9.59 Å². The lowest BCUT2D eigenvalue weighted by molar-refractivity contribution is -0.151. The molecular formula is C12H23NO5. The van der Waals surface area contributed by atoms with Gasteiger partial charge < -0.3 is 15.1 Å². The molecule has 6 nitrogen and oxygen atoms in total. The zero-order chi connectivity index (χ0) is 13.6. The second-order valence-electron chi connectivity index (χ2n) is 4.11. The van der Waals surface area contributed by atoms with Crippen LogP contribution in [0.3, 0.4) is 0 Å². The molecule has 6 heteroatoms. The maximum Gasteiger partial charge on any atom is 0.324 e. The van der Waals surface area contributed by atoms with Crippen LogP contribution in [0.4, 0.5) is 0 Å². The van der Waals surface area contributed by atoms with Crippen LogP contribution in [0.15, 0.2) is 0 Å². The number of nitrogens with one attached hydrogen (secondary N) is 1. The molecule has 0 aliphatic heterocycles. The van der Waals surface area contributed by atoms with E-state index in [2.05, 4.69) is 10.3 Å². The molecule has 0 amide bonds. The highest BCUT2D eigenvalue weighted by molar-refractivity contribution is 5.68. The highest BCUT2D eigenvalue weighted by Gasteiger charge is 2.02. The molecule has 0 saturated heterocycles. The fourth-order valence-corrected chi connectivity index (χ4v) is 1.48. The number of hydrogen-bond donors (Lipinski definition) is 3. The largest absolute Gasteiger partial charge is 0.481 e. The van der Waals surface area contributed by atoms with Gasteiger partial charge in [-0.25, -0.2) is 0 Å². The molecule has 0 rings (SSSR count). The number of carboxylic acid groups (broad SMARTS) is 1. The molecule has 0 bridgehead atoms. The summed E-state index contributed by atoms with van der Waals surface area (Å²) in [4.78, 5) is 26.0. The zero-order valence-electron chi connectivity index (χ0n) is 10.7. The number of unbranched alkanes of at least 4 members (excludes halogenated alkanes) is 5. The molecule has 0 aliphatic carbocycles. The van der Waals surface area contributed by atoms with Crippen LogP contribution < -0.4 is 5.48 Å². The van der Waals surface area contributed by atoms with Crippen molar-refractivity contribution in [2.24, 2.45) is 0 Å². The Morgan fingerprint density at radius 1 is 0.944 bits per heavy atom. The summed E-state index contributed by atoms with van der Waals surface area (Å²) in [5, 5.41) is 16.9. The molecular weight excluding hydrogens is 238 g/mol. The molecule has 0 radical (unpaired) electrons. The van der Waals surface area contributed by atoms with Gasteiger partial charge in [-0.2, -0.15) is 5.48 Å². The normalized spacial score (nSPS) is 10.3. The predicted octanol–water partition coefficient (Wildman–Crippen LogP) is 1.23. The Labute approximate surface area is 107 Å². The number of aliphatic hydroxyl groups excluding tert-OH is 1. The lowest BCUT2D eigenvalue weighted by Crippen LogP contribution is -2.22. The molecule has 0 fully saturated rings. The molecule has 0 saturated carbocycles. The molecule has 3 N–H and O–H groups in total. The van der Waals surface area contributed by atoms with Crippen molar-refractivity contribution >= 4 is 11.9 Å². The third-order valence-corrected chi connectivity index (χ3v) is 2.42. The monoisotopic (exact) mass is 261 g/mol. The summed E-state index contributed by atoms with van der Waals surface area (Å²) in [6, 6.07) is 0. The molecule has 106 valence electrons. The number of aliphatic hydroxyl groups is 1. The van der Waals surface area contributed by atoms with Crippen molar-refractivity contribution in [1.29, 1.82) is 0 Å². The van der Waals surface area contributed by atoms with Gasteiger partial charge >= 0.3 is 11.9 Å². The van der Waals surface area contributed by atoms with Crippen molar-refractivity contribution in [1.82, 2.24) is 5.48 Å². The Balaban J connectivity index is 3.15. The fourth-order valence-electron chi connectivity index (χ4n) is 1.48. The van der Waals surface area contributed by atoms with Gasteiger partial charge in [0.2, 0.25) is 0 Å². The van der Waals surface area contributed by atoms with E-state index in [1.807, 2.05) is 0 Å². The van der Waals surface area contributed by atoms with Crippen molar-refractivity contribution in [3.8, 4) is 0 Å². The smallest absolute Gasteiger partial charge is 0.324 e. The highest BCUT2D eigenvalue weighted by atomic mass is 16.7. The molecule has 0 aromatic rings. The van der Waals surface area contributed by atoms with E-state index in [1.165, 1.54) is 0 Å². The number of carbonyl (C=O) groups is 2. The average Bonchev–Trinajstić information content (AvgIpc) is 2.32. The van der Waals surface area contributed by atoms with E-state index >= 15 is 0 Å². The molecule has 18 heavy (non-hydrogen) atoms. The quantitative estimate of drug-likeness (QED) is 0.361. The summed E-state index contributed by atoms with van der Waals surface area (Å²) in [6.07, 6.45) is 6.00. The first-order valence-electron chi connectivity index (χ1n) is 6.42. The number of carboxylic acids is 1. The number of carbonyl (C=O) groups excluding carboxylic acids is 1. The second kappa shape index (κ2) is 12.3. The van der Waals surface area contributed by atoms with Crippen molar-refractivity contribution in [2.45, 2.75) is 51.4 Å². The number of rotatable bonds is 12. The number of hydrogen-bond acceptors (Lipinski definition) is 5. The maximum absolute atomic E-state index is 11.1. The van der Waals surface area contributed by atoms with Gasteiger partial charge in [-0.15, -0.1) is 0 Å². The maximum atomic E-state index is 11.1. The fraction of sp³-hybridized carbons (Fsp3) is 0.833. The molecule has 0 atom stereocenters. The van der Waals surface area contributed by atoms with Gasteiger partial charge in [-0.1, -0.05) is 25.7 Å². The van der Waals surface area contributed by atoms with Crippen molar-refractivity contribution in [3.05, 3.63) is 0 Å². The van der Waals surface area contributed by atoms with Crippen LogP contribution in [-0.4, -0.2) is 35.3 Å². The van der Waals surface area contributed by atoms with E-state index in [0.29, 0.717) is 6.42 Å². The summed E-state index contributed by atoms with van der Waals surface area (Å²) in [6.45, 7) is 0.180. The lowest BCUT2D eigenvalue weighted by atomic mass is 10.1. The summed E-state index contributed by atoms with van der Waals surface area (Å²) in [5.74, 6) is -1.05. The third kappa shape index (κ3) is 12.9. The van der Waals surface area contributed by atoms with Crippen LogP contribution in [0.25, 0.3) is 0 Å². The van der Waals surface area contributed by atoms with Crippen LogP contribution in [-0.2, 0) is 14.4 Å². The van der Waals surface area contributed by atoms with Gasteiger partial charge in [0.25, 0.3) is 0 Å². The van der Waals surface area contributed by atoms with Gasteiger partial charge in [-0.05, 0) is 12.8 Å². The highest BCUT2D eigenvalue weighted by Crippen LogP contribution is 2.08. The minimum absolute atomic E-state index is 0.0659. The first-order valence-corrected chi connectivity index (χ1v) is 6.42. The molecule has 0 spiro atoms. The van der Waals surface area contributed by atoms with Gasteiger partial charge in [0, 0.05) is 12.8 Å². The summed E-state index contributed by atoms with van der Waals surface area (Å²) >= 11 is 0. The third-order valence-electron chi connectivity index (χ3n) is 2.42.